The van der Waals surface area contributed by atoms with E-state index in [9.17, 15) is 0 Å². The first kappa shape index (κ1) is 13.3. The van der Waals surface area contributed by atoms with E-state index in [0.29, 0.717) is 12.4 Å². The average Bonchev–Trinajstić information content (AvgIpc) is 2.83. The number of hydrogen-bond acceptors (Lipinski definition) is 6. The lowest BCUT2D eigenvalue weighted by molar-refractivity contribution is 0.291. The normalized spacial score (nSPS) is 10.5. The molecule has 0 bridgehead atoms. The molecule has 2 rings (SSSR count). The van der Waals surface area contributed by atoms with Gasteiger partial charge in [0.2, 0.25) is 5.82 Å². The van der Waals surface area contributed by atoms with E-state index < -0.39 is 0 Å². The Labute approximate surface area is 111 Å². The van der Waals surface area contributed by atoms with E-state index in [1.54, 1.807) is 14.2 Å². The van der Waals surface area contributed by atoms with Crippen molar-refractivity contribution in [3.05, 3.63) is 29.6 Å². The molecule has 0 aliphatic heterocycles. The van der Waals surface area contributed by atoms with Crippen LogP contribution in [0.3, 0.4) is 0 Å². The molecule has 7 nitrogen and oxygen atoms in total. The zero-order valence-corrected chi connectivity index (χ0v) is 11.3. The van der Waals surface area contributed by atoms with Gasteiger partial charge in [0, 0.05) is 12.1 Å². The second-order valence-corrected chi connectivity index (χ2v) is 3.99. The Balaban J connectivity index is 2.10. The van der Waals surface area contributed by atoms with E-state index in [4.69, 9.17) is 9.47 Å². The fourth-order valence-electron chi connectivity index (χ4n) is 1.68. The molecule has 0 atom stereocenters. The van der Waals surface area contributed by atoms with Crippen LogP contribution < -0.4 is 14.8 Å². The molecule has 1 N–H and O–H groups in total. The highest BCUT2D eigenvalue weighted by Crippen LogP contribution is 2.24. The molecule has 0 aliphatic carbocycles. The molecule has 1 aromatic heterocycles. The number of tetrazole rings is 1. The minimum absolute atomic E-state index is 0.289. The van der Waals surface area contributed by atoms with Crippen LogP contribution in [0.5, 0.6) is 11.5 Å². The van der Waals surface area contributed by atoms with Crippen LogP contribution in [0.15, 0.2) is 18.2 Å². The molecule has 102 valence electrons. The number of benzene rings is 1. The van der Waals surface area contributed by atoms with Crippen molar-refractivity contribution in [3.8, 4) is 11.5 Å². The fraction of sp³-hybridized carbons (Fsp3) is 0.417. The second kappa shape index (κ2) is 6.14. The number of nitrogens with zero attached hydrogens (tertiary/aromatic N) is 4. The van der Waals surface area contributed by atoms with E-state index in [1.165, 1.54) is 4.80 Å². The van der Waals surface area contributed by atoms with Gasteiger partial charge < -0.3 is 14.8 Å². The van der Waals surface area contributed by atoms with Gasteiger partial charge in [0.15, 0.2) is 6.61 Å². The molecule has 0 unspecified atom stereocenters. The third kappa shape index (κ3) is 3.41. The van der Waals surface area contributed by atoms with Crippen LogP contribution in [0.1, 0.15) is 11.4 Å². The summed E-state index contributed by atoms with van der Waals surface area (Å²) in [6.07, 6.45) is 0. The van der Waals surface area contributed by atoms with Crippen molar-refractivity contribution in [1.82, 2.24) is 25.5 Å². The van der Waals surface area contributed by atoms with Gasteiger partial charge in [0.05, 0.1) is 14.2 Å². The Kier molecular flexibility index (Phi) is 4.30. The van der Waals surface area contributed by atoms with Gasteiger partial charge in [-0.2, -0.15) is 4.80 Å². The van der Waals surface area contributed by atoms with Crippen LogP contribution in [0.25, 0.3) is 0 Å². The summed E-state index contributed by atoms with van der Waals surface area (Å²) in [5.41, 5.74) is 1.02. The molecule has 7 heteroatoms. The van der Waals surface area contributed by atoms with E-state index in [2.05, 4.69) is 20.7 Å². The molecule has 2 aromatic rings. The van der Waals surface area contributed by atoms with Crippen molar-refractivity contribution in [2.24, 2.45) is 7.05 Å². The molecule has 1 aromatic carbocycles. The molecule has 0 aliphatic rings. The van der Waals surface area contributed by atoms with Gasteiger partial charge in [-0.1, -0.05) is 0 Å². The zero-order chi connectivity index (χ0) is 13.7. The number of rotatable bonds is 6. The molecule has 0 fully saturated rings. The van der Waals surface area contributed by atoms with E-state index in [-0.39, 0.29) is 6.61 Å². The topological polar surface area (TPSA) is 74.1 Å². The van der Waals surface area contributed by atoms with Crippen molar-refractivity contribution in [2.75, 3.05) is 14.2 Å². The van der Waals surface area contributed by atoms with Crippen LogP contribution in [0.4, 0.5) is 0 Å². The third-order valence-corrected chi connectivity index (χ3v) is 2.54. The molecule has 0 amide bonds. The van der Waals surface area contributed by atoms with Gasteiger partial charge in [-0.15, -0.1) is 10.2 Å². The summed E-state index contributed by atoms with van der Waals surface area (Å²) in [6.45, 7) is 0.983. The quantitative estimate of drug-likeness (QED) is 0.819. The Morgan fingerprint density at radius 1 is 1.37 bits per heavy atom. The van der Waals surface area contributed by atoms with Crippen LogP contribution in [-0.4, -0.2) is 34.4 Å². The summed E-state index contributed by atoms with van der Waals surface area (Å²) in [6, 6.07) is 5.68. The molecule has 19 heavy (non-hydrogen) atoms. The van der Waals surface area contributed by atoms with Crippen LogP contribution in [0, 0.1) is 0 Å². The Bertz CT molecular complexity index is 541. The molecular formula is C12H17N5O2. The van der Waals surface area contributed by atoms with Crippen molar-refractivity contribution in [3.63, 3.8) is 0 Å². The minimum atomic E-state index is 0.289. The zero-order valence-electron chi connectivity index (χ0n) is 11.3. The summed E-state index contributed by atoms with van der Waals surface area (Å²) in [5, 5.41) is 14.8. The van der Waals surface area contributed by atoms with Crippen molar-refractivity contribution >= 4 is 0 Å². The molecule has 0 saturated heterocycles. The predicted octanol–water partition coefficient (Wildman–Crippen LogP) is 0.517. The van der Waals surface area contributed by atoms with Crippen LogP contribution in [0.2, 0.25) is 0 Å². The van der Waals surface area contributed by atoms with E-state index >= 15 is 0 Å². The third-order valence-electron chi connectivity index (χ3n) is 2.54. The largest absolute Gasteiger partial charge is 0.497 e. The van der Waals surface area contributed by atoms with Gasteiger partial charge in [-0.25, -0.2) is 0 Å². The average molecular weight is 263 g/mol. The maximum absolute atomic E-state index is 5.71. The van der Waals surface area contributed by atoms with Crippen molar-refractivity contribution in [1.29, 1.82) is 0 Å². The molecule has 0 saturated carbocycles. The monoisotopic (exact) mass is 263 g/mol. The number of methoxy groups -OCH3 is 1. The summed E-state index contributed by atoms with van der Waals surface area (Å²) in [5.74, 6) is 2.13. The maximum atomic E-state index is 5.71. The second-order valence-electron chi connectivity index (χ2n) is 3.99. The number of hydrogen-bond donors (Lipinski definition) is 1. The highest BCUT2D eigenvalue weighted by molar-refractivity contribution is 5.40. The van der Waals surface area contributed by atoms with Gasteiger partial charge >= 0.3 is 0 Å². The lowest BCUT2D eigenvalue weighted by Gasteiger charge is -2.11. The summed E-state index contributed by atoms with van der Waals surface area (Å²) in [7, 11) is 5.24. The summed E-state index contributed by atoms with van der Waals surface area (Å²) >= 11 is 0. The Morgan fingerprint density at radius 3 is 2.84 bits per heavy atom. The van der Waals surface area contributed by atoms with Crippen molar-refractivity contribution in [2.45, 2.75) is 13.2 Å². The summed E-state index contributed by atoms with van der Waals surface area (Å²) in [4.78, 5) is 1.40. The minimum Gasteiger partial charge on any atom is -0.497 e. The highest BCUT2D eigenvalue weighted by Gasteiger charge is 2.07. The molecule has 0 spiro atoms. The van der Waals surface area contributed by atoms with Gasteiger partial charge in [-0.05, 0) is 30.5 Å². The lowest BCUT2D eigenvalue weighted by atomic mass is 10.2. The fourth-order valence-corrected chi connectivity index (χ4v) is 1.68. The molecular weight excluding hydrogens is 246 g/mol. The number of aromatic nitrogens is 4. The first-order chi connectivity index (χ1) is 9.22. The van der Waals surface area contributed by atoms with E-state index in [1.807, 2.05) is 25.2 Å². The Hall–Kier alpha value is -2.15. The van der Waals surface area contributed by atoms with Gasteiger partial charge in [0.1, 0.15) is 11.5 Å². The number of nitrogens with one attached hydrogen (secondary N) is 1. The van der Waals surface area contributed by atoms with Crippen LogP contribution >= 0.6 is 0 Å². The van der Waals surface area contributed by atoms with Crippen molar-refractivity contribution < 1.29 is 9.47 Å². The number of ether oxygens (including phenoxy) is 2. The lowest BCUT2D eigenvalue weighted by Crippen LogP contribution is -2.08. The maximum Gasteiger partial charge on any atom is 0.212 e. The number of aryl methyl sites for hydroxylation is 1. The standard InChI is InChI=1S/C12H17N5O2/c1-13-7-9-6-10(18-3)4-5-11(9)19-8-12-14-16-17(2)15-12/h4-6,13H,7-8H2,1-3H3. The van der Waals surface area contributed by atoms with Crippen LogP contribution in [-0.2, 0) is 20.2 Å². The van der Waals surface area contributed by atoms with Gasteiger partial charge in [-0.3, -0.25) is 0 Å². The molecule has 1 heterocycles. The van der Waals surface area contributed by atoms with Gasteiger partial charge in [0.25, 0.3) is 0 Å². The summed E-state index contributed by atoms with van der Waals surface area (Å²) < 4.78 is 10.9. The first-order valence-electron chi connectivity index (χ1n) is 5.90. The molecule has 0 radical (unpaired) electrons. The predicted molar refractivity (Wildman–Crippen MR) is 68.9 cm³/mol. The Morgan fingerprint density at radius 2 is 2.21 bits per heavy atom. The SMILES string of the molecule is CNCc1cc(OC)ccc1OCc1nnn(C)n1. The smallest absolute Gasteiger partial charge is 0.212 e. The first-order valence-corrected chi connectivity index (χ1v) is 5.90. The van der Waals surface area contributed by atoms with E-state index in [0.717, 1.165) is 17.1 Å². The highest BCUT2D eigenvalue weighted by atomic mass is 16.5.